The normalized spacial score (nSPS) is 12.8. The molecule has 1 unspecified atom stereocenters. The predicted octanol–water partition coefficient (Wildman–Crippen LogP) is 2.38. The van der Waals surface area contributed by atoms with Gasteiger partial charge in [-0.25, -0.2) is 4.68 Å². The van der Waals surface area contributed by atoms with E-state index >= 15 is 0 Å². The van der Waals surface area contributed by atoms with Crippen LogP contribution < -0.4 is 0 Å². The van der Waals surface area contributed by atoms with Crippen molar-refractivity contribution < 1.29 is 9.90 Å². The molecule has 0 bridgehead atoms. The average Bonchev–Trinajstić information content (AvgIpc) is 2.93. The van der Waals surface area contributed by atoms with Crippen molar-refractivity contribution in [1.29, 1.82) is 0 Å². The van der Waals surface area contributed by atoms with Gasteiger partial charge < -0.3 is 5.11 Å². The number of carbonyl (C=O) groups is 1. The molecule has 1 N–H and O–H groups in total. The van der Waals surface area contributed by atoms with Gasteiger partial charge in [-0.3, -0.25) is 4.79 Å². The van der Waals surface area contributed by atoms with E-state index in [1.165, 1.54) is 4.88 Å². The second kappa shape index (κ2) is 5.48. The summed E-state index contributed by atoms with van der Waals surface area (Å²) >= 11 is 1.60. The highest BCUT2D eigenvalue weighted by molar-refractivity contribution is 7.15. The molecule has 2 aromatic rings. The van der Waals surface area contributed by atoms with Crippen LogP contribution in [-0.2, 0) is 4.79 Å². The van der Waals surface area contributed by atoms with E-state index in [-0.39, 0.29) is 18.4 Å². The molecule has 2 rings (SSSR count). The number of carboxylic acid groups (broad SMARTS) is 1. The molecule has 102 valence electrons. The van der Waals surface area contributed by atoms with Crippen molar-refractivity contribution in [3.05, 3.63) is 17.0 Å². The summed E-state index contributed by atoms with van der Waals surface area (Å²) in [6, 6.07) is 3.71. The monoisotopic (exact) mass is 280 g/mol. The number of carboxylic acids is 1. The first-order valence-corrected chi connectivity index (χ1v) is 6.87. The van der Waals surface area contributed by atoms with Crippen LogP contribution in [0.5, 0.6) is 0 Å². The standard InChI is InChI=1S/C12H16N4O2S/c1-7(2)9(6-11(17)18)16-12(13-14-15-16)10-5-4-8(3)19-10/h4-5,7,9H,6H2,1-3H3,(H,17,18). The highest BCUT2D eigenvalue weighted by Crippen LogP contribution is 2.30. The summed E-state index contributed by atoms with van der Waals surface area (Å²) < 4.78 is 1.63. The second-order valence-corrected chi connectivity index (χ2v) is 6.05. The molecule has 0 aliphatic heterocycles. The van der Waals surface area contributed by atoms with E-state index in [1.807, 2.05) is 32.9 Å². The fourth-order valence-electron chi connectivity index (χ4n) is 1.92. The highest BCUT2D eigenvalue weighted by Gasteiger charge is 2.24. The number of aromatic nitrogens is 4. The summed E-state index contributed by atoms with van der Waals surface area (Å²) in [6.45, 7) is 5.96. The number of hydrogen-bond acceptors (Lipinski definition) is 5. The van der Waals surface area contributed by atoms with Gasteiger partial charge in [0, 0.05) is 4.88 Å². The summed E-state index contributed by atoms with van der Waals surface area (Å²) in [4.78, 5) is 13.1. The topological polar surface area (TPSA) is 80.9 Å². The zero-order valence-electron chi connectivity index (χ0n) is 11.1. The first kappa shape index (κ1) is 13.7. The molecule has 0 spiro atoms. The summed E-state index contributed by atoms with van der Waals surface area (Å²) in [5.41, 5.74) is 0. The van der Waals surface area contributed by atoms with E-state index in [4.69, 9.17) is 5.11 Å². The van der Waals surface area contributed by atoms with Crippen molar-refractivity contribution in [2.24, 2.45) is 5.92 Å². The van der Waals surface area contributed by atoms with Gasteiger partial charge in [-0.2, -0.15) is 0 Å². The number of aliphatic carboxylic acids is 1. The number of rotatable bonds is 5. The molecule has 0 aliphatic carbocycles. The quantitative estimate of drug-likeness (QED) is 0.909. The molecule has 0 saturated carbocycles. The van der Waals surface area contributed by atoms with Crippen molar-refractivity contribution in [2.75, 3.05) is 0 Å². The van der Waals surface area contributed by atoms with Crippen molar-refractivity contribution in [3.63, 3.8) is 0 Å². The molecule has 0 aromatic carbocycles. The molecule has 1 atom stereocenters. The van der Waals surface area contributed by atoms with E-state index < -0.39 is 5.97 Å². The molecule has 2 heterocycles. The number of tetrazole rings is 1. The third kappa shape index (κ3) is 2.98. The van der Waals surface area contributed by atoms with Gasteiger partial charge in [0.2, 0.25) is 0 Å². The molecule has 6 nitrogen and oxygen atoms in total. The molecule has 0 aliphatic rings. The fourth-order valence-corrected chi connectivity index (χ4v) is 2.76. The molecule has 0 amide bonds. The molecular formula is C12H16N4O2S. The van der Waals surface area contributed by atoms with Crippen LogP contribution in [0.25, 0.3) is 10.7 Å². The predicted molar refractivity (Wildman–Crippen MR) is 72.0 cm³/mol. The lowest BCUT2D eigenvalue weighted by Crippen LogP contribution is -2.21. The Bertz CT molecular complexity index is 576. The van der Waals surface area contributed by atoms with Crippen LogP contribution in [0.15, 0.2) is 12.1 Å². The van der Waals surface area contributed by atoms with Crippen molar-refractivity contribution in [3.8, 4) is 10.7 Å². The first-order valence-electron chi connectivity index (χ1n) is 6.05. The Morgan fingerprint density at radius 1 is 1.47 bits per heavy atom. The van der Waals surface area contributed by atoms with Gasteiger partial charge in [-0.05, 0) is 35.4 Å². The highest BCUT2D eigenvalue weighted by atomic mass is 32.1. The maximum absolute atomic E-state index is 11.0. The maximum atomic E-state index is 11.0. The molecule has 0 fully saturated rings. The van der Waals surface area contributed by atoms with Crippen molar-refractivity contribution >= 4 is 17.3 Å². The van der Waals surface area contributed by atoms with E-state index in [2.05, 4.69) is 15.5 Å². The van der Waals surface area contributed by atoms with Crippen LogP contribution in [0.3, 0.4) is 0 Å². The lowest BCUT2D eigenvalue weighted by Gasteiger charge is -2.19. The number of hydrogen-bond donors (Lipinski definition) is 1. The first-order chi connectivity index (χ1) is 8.99. The molecule has 19 heavy (non-hydrogen) atoms. The number of thiophene rings is 1. The molecule has 0 radical (unpaired) electrons. The third-order valence-electron chi connectivity index (χ3n) is 2.92. The van der Waals surface area contributed by atoms with Gasteiger partial charge in [0.25, 0.3) is 0 Å². The maximum Gasteiger partial charge on any atom is 0.305 e. The van der Waals surface area contributed by atoms with Gasteiger partial charge in [0.1, 0.15) is 0 Å². The van der Waals surface area contributed by atoms with Crippen LogP contribution in [0.2, 0.25) is 0 Å². The number of aryl methyl sites for hydroxylation is 1. The zero-order chi connectivity index (χ0) is 14.0. The molecule has 0 saturated heterocycles. The van der Waals surface area contributed by atoms with E-state index in [1.54, 1.807) is 16.0 Å². The fraction of sp³-hybridized carbons (Fsp3) is 0.500. The zero-order valence-corrected chi connectivity index (χ0v) is 11.9. The smallest absolute Gasteiger partial charge is 0.305 e. The van der Waals surface area contributed by atoms with Gasteiger partial charge in [0.15, 0.2) is 5.82 Å². The Hall–Kier alpha value is -1.76. The minimum atomic E-state index is -0.845. The molecular weight excluding hydrogens is 264 g/mol. The Labute approximate surface area is 115 Å². The summed E-state index contributed by atoms with van der Waals surface area (Å²) in [7, 11) is 0. The number of nitrogens with zero attached hydrogens (tertiary/aromatic N) is 4. The Balaban J connectivity index is 2.39. The van der Waals surface area contributed by atoms with Gasteiger partial charge in [-0.1, -0.05) is 13.8 Å². The van der Waals surface area contributed by atoms with Crippen molar-refractivity contribution in [1.82, 2.24) is 20.2 Å². The molecule has 2 aromatic heterocycles. The third-order valence-corrected chi connectivity index (χ3v) is 3.92. The lowest BCUT2D eigenvalue weighted by molar-refractivity contribution is -0.138. The van der Waals surface area contributed by atoms with Crippen LogP contribution in [0, 0.1) is 12.8 Å². The average molecular weight is 280 g/mol. The van der Waals surface area contributed by atoms with Crippen molar-refractivity contribution in [2.45, 2.75) is 33.2 Å². The largest absolute Gasteiger partial charge is 0.481 e. The lowest BCUT2D eigenvalue weighted by atomic mass is 10.0. The van der Waals surface area contributed by atoms with Gasteiger partial charge in [0.05, 0.1) is 17.3 Å². The van der Waals surface area contributed by atoms with Crippen LogP contribution in [0.1, 0.15) is 31.2 Å². The van der Waals surface area contributed by atoms with Crippen LogP contribution >= 0.6 is 11.3 Å². The second-order valence-electron chi connectivity index (χ2n) is 4.77. The minimum Gasteiger partial charge on any atom is -0.481 e. The van der Waals surface area contributed by atoms with Crippen LogP contribution in [-0.4, -0.2) is 31.3 Å². The van der Waals surface area contributed by atoms with E-state index in [9.17, 15) is 4.79 Å². The van der Waals surface area contributed by atoms with Gasteiger partial charge >= 0.3 is 5.97 Å². The Kier molecular flexibility index (Phi) is 3.94. The minimum absolute atomic E-state index is 0.0140. The summed E-state index contributed by atoms with van der Waals surface area (Å²) in [5, 5.41) is 20.7. The van der Waals surface area contributed by atoms with Gasteiger partial charge in [-0.15, -0.1) is 16.4 Å². The molecule has 7 heteroatoms. The van der Waals surface area contributed by atoms with E-state index in [0.717, 1.165) is 4.88 Å². The SMILES string of the molecule is Cc1ccc(-c2nnnn2C(CC(=O)O)C(C)C)s1. The van der Waals surface area contributed by atoms with E-state index in [0.29, 0.717) is 5.82 Å². The van der Waals surface area contributed by atoms with Crippen LogP contribution in [0.4, 0.5) is 0 Å². The summed E-state index contributed by atoms with van der Waals surface area (Å²) in [5.74, 6) is -0.0695. The Morgan fingerprint density at radius 2 is 2.21 bits per heavy atom. The summed E-state index contributed by atoms with van der Waals surface area (Å²) in [6.07, 6.45) is 0.0140. The Morgan fingerprint density at radius 3 is 2.74 bits per heavy atom.